The van der Waals surface area contributed by atoms with Crippen molar-refractivity contribution in [1.82, 2.24) is 0 Å². The average molecular weight is 290 g/mol. The van der Waals surface area contributed by atoms with E-state index in [0.717, 1.165) is 12.0 Å². The molecule has 1 aromatic rings. The Morgan fingerprint density at radius 2 is 1.90 bits per heavy atom. The second kappa shape index (κ2) is 8.63. The molecule has 3 heteroatoms. The highest BCUT2D eigenvalue weighted by Gasteiger charge is 2.21. The predicted molar refractivity (Wildman–Crippen MR) is 84.8 cm³/mol. The van der Waals surface area contributed by atoms with Crippen LogP contribution in [0.25, 0.3) is 0 Å². The molecule has 0 radical (unpaired) electrons. The Morgan fingerprint density at radius 3 is 2.52 bits per heavy atom. The van der Waals surface area contributed by atoms with Gasteiger partial charge < -0.3 is 9.84 Å². The van der Waals surface area contributed by atoms with E-state index in [4.69, 9.17) is 4.74 Å². The molecule has 1 N–H and O–H groups in total. The quantitative estimate of drug-likeness (QED) is 0.581. The Kier molecular flexibility index (Phi) is 7.17. The van der Waals surface area contributed by atoms with Crippen molar-refractivity contribution in [1.29, 1.82) is 0 Å². The maximum absolute atomic E-state index is 11.7. The van der Waals surface area contributed by atoms with E-state index in [9.17, 15) is 9.90 Å². The molecule has 0 aliphatic carbocycles. The fraction of sp³-hybridized carbons (Fsp3) is 0.500. The lowest BCUT2D eigenvalue weighted by atomic mass is 9.94. The number of rotatable bonds is 8. The lowest BCUT2D eigenvalue weighted by molar-refractivity contribution is -0.146. The van der Waals surface area contributed by atoms with Crippen LogP contribution >= 0.6 is 0 Å². The molecule has 1 aromatic carbocycles. The van der Waals surface area contributed by atoms with Crippen molar-refractivity contribution in [3.05, 3.63) is 47.5 Å². The largest absolute Gasteiger partial charge is 0.461 e. The highest BCUT2D eigenvalue weighted by Crippen LogP contribution is 2.20. The third-order valence-electron chi connectivity index (χ3n) is 3.35. The molecule has 0 fully saturated rings. The van der Waals surface area contributed by atoms with Gasteiger partial charge in [0.1, 0.15) is 6.61 Å². The lowest BCUT2D eigenvalue weighted by Crippen LogP contribution is -2.25. The summed E-state index contributed by atoms with van der Waals surface area (Å²) >= 11 is 0. The van der Waals surface area contributed by atoms with Gasteiger partial charge in [-0.15, -0.1) is 0 Å². The van der Waals surface area contributed by atoms with Crippen LogP contribution in [-0.4, -0.2) is 16.7 Å². The molecule has 0 aliphatic rings. The fourth-order valence-electron chi connectivity index (χ4n) is 1.98. The predicted octanol–water partition coefficient (Wildman–Crippen LogP) is 4.01. The Labute approximate surface area is 127 Å². The molecule has 0 aromatic heterocycles. The molecule has 3 nitrogen and oxygen atoms in total. The summed E-state index contributed by atoms with van der Waals surface area (Å²) in [6.45, 7) is 6.14. The van der Waals surface area contributed by atoms with Crippen molar-refractivity contribution >= 4 is 5.97 Å². The molecule has 0 saturated carbocycles. The van der Waals surface area contributed by atoms with Crippen LogP contribution in [0.4, 0.5) is 0 Å². The summed E-state index contributed by atoms with van der Waals surface area (Å²) in [7, 11) is 0. The molecular weight excluding hydrogens is 264 g/mol. The Morgan fingerprint density at radius 1 is 1.24 bits per heavy atom. The monoisotopic (exact) mass is 290 g/mol. The van der Waals surface area contributed by atoms with Gasteiger partial charge in [-0.05, 0) is 45.6 Å². The topological polar surface area (TPSA) is 46.5 Å². The zero-order valence-corrected chi connectivity index (χ0v) is 13.3. The number of hydrogen-bond donors (Lipinski definition) is 1. The summed E-state index contributed by atoms with van der Waals surface area (Å²) in [4.78, 5) is 11.7. The average Bonchev–Trinajstić information content (AvgIpc) is 2.43. The zero-order chi connectivity index (χ0) is 15.7. The van der Waals surface area contributed by atoms with Crippen molar-refractivity contribution in [2.75, 3.05) is 0 Å². The van der Waals surface area contributed by atoms with E-state index < -0.39 is 5.60 Å². The van der Waals surface area contributed by atoms with E-state index in [1.54, 1.807) is 6.92 Å². The molecule has 0 saturated heterocycles. The minimum absolute atomic E-state index is 0.245. The minimum atomic E-state index is -0.822. The van der Waals surface area contributed by atoms with E-state index >= 15 is 0 Å². The molecule has 21 heavy (non-hydrogen) atoms. The van der Waals surface area contributed by atoms with Gasteiger partial charge >= 0.3 is 5.97 Å². The summed E-state index contributed by atoms with van der Waals surface area (Å²) in [6.07, 6.45) is 4.26. The fourth-order valence-corrected chi connectivity index (χ4v) is 1.98. The number of esters is 1. The van der Waals surface area contributed by atoms with Gasteiger partial charge in [-0.2, -0.15) is 0 Å². The number of hydrogen-bond acceptors (Lipinski definition) is 3. The van der Waals surface area contributed by atoms with E-state index in [0.29, 0.717) is 19.4 Å². The molecule has 0 bridgehead atoms. The normalized spacial score (nSPS) is 13.3. The molecule has 1 unspecified atom stereocenters. The summed E-state index contributed by atoms with van der Waals surface area (Å²) < 4.78 is 5.20. The maximum atomic E-state index is 11.7. The van der Waals surface area contributed by atoms with E-state index in [1.807, 2.05) is 44.2 Å². The van der Waals surface area contributed by atoms with E-state index in [2.05, 4.69) is 6.08 Å². The van der Waals surface area contributed by atoms with Crippen molar-refractivity contribution in [3.8, 4) is 0 Å². The second-order valence-electron chi connectivity index (χ2n) is 5.96. The number of ether oxygens (including phenoxy) is 1. The van der Waals surface area contributed by atoms with Crippen LogP contribution in [-0.2, 0) is 16.1 Å². The summed E-state index contributed by atoms with van der Waals surface area (Å²) in [5, 5.41) is 10.2. The molecule has 0 spiro atoms. The van der Waals surface area contributed by atoms with Gasteiger partial charge in [0.2, 0.25) is 0 Å². The minimum Gasteiger partial charge on any atom is -0.461 e. The van der Waals surface area contributed by atoms with Crippen LogP contribution in [0.5, 0.6) is 0 Å². The first kappa shape index (κ1) is 17.4. The molecule has 1 rings (SSSR count). The first-order valence-electron chi connectivity index (χ1n) is 7.44. The standard InChI is InChI=1S/C18H26O3/c1-15(2)8-7-12-18(3,20)13-11-17(19)21-14-16-9-5-4-6-10-16/h4-6,8-10,20H,7,11-14H2,1-3H3. The molecule has 0 amide bonds. The van der Waals surface area contributed by atoms with Crippen molar-refractivity contribution in [2.24, 2.45) is 0 Å². The lowest BCUT2D eigenvalue weighted by Gasteiger charge is -2.22. The van der Waals surface area contributed by atoms with Crippen LogP contribution in [0.1, 0.15) is 52.0 Å². The SMILES string of the molecule is CC(C)=CCCC(C)(O)CCC(=O)OCc1ccccc1. The number of aliphatic hydroxyl groups is 1. The number of carbonyl (C=O) groups is 1. The number of benzene rings is 1. The third kappa shape index (κ3) is 8.30. The first-order valence-corrected chi connectivity index (χ1v) is 7.44. The molecule has 0 heterocycles. The van der Waals surface area contributed by atoms with Gasteiger partial charge in [0.25, 0.3) is 0 Å². The Bertz CT molecular complexity index is 457. The van der Waals surface area contributed by atoms with Gasteiger partial charge in [-0.3, -0.25) is 4.79 Å². The smallest absolute Gasteiger partial charge is 0.306 e. The molecular formula is C18H26O3. The van der Waals surface area contributed by atoms with E-state index in [-0.39, 0.29) is 12.4 Å². The van der Waals surface area contributed by atoms with Crippen LogP contribution in [0.2, 0.25) is 0 Å². The second-order valence-corrected chi connectivity index (χ2v) is 5.96. The van der Waals surface area contributed by atoms with Gasteiger partial charge in [0.15, 0.2) is 0 Å². The summed E-state index contributed by atoms with van der Waals surface area (Å²) in [6, 6.07) is 9.59. The van der Waals surface area contributed by atoms with Gasteiger partial charge in [0.05, 0.1) is 5.60 Å². The van der Waals surface area contributed by atoms with Crippen molar-refractivity contribution in [3.63, 3.8) is 0 Å². The highest BCUT2D eigenvalue weighted by molar-refractivity contribution is 5.69. The van der Waals surface area contributed by atoms with E-state index in [1.165, 1.54) is 5.57 Å². The Hall–Kier alpha value is -1.61. The highest BCUT2D eigenvalue weighted by atomic mass is 16.5. The maximum Gasteiger partial charge on any atom is 0.306 e. The molecule has 0 aliphatic heterocycles. The zero-order valence-electron chi connectivity index (χ0n) is 13.3. The molecule has 116 valence electrons. The van der Waals surface area contributed by atoms with Gasteiger partial charge in [0, 0.05) is 6.42 Å². The Balaban J connectivity index is 2.26. The number of carbonyl (C=O) groups excluding carboxylic acids is 1. The summed E-state index contributed by atoms with van der Waals surface area (Å²) in [5.74, 6) is -0.263. The first-order chi connectivity index (χ1) is 9.89. The van der Waals surface area contributed by atoms with Crippen LogP contribution < -0.4 is 0 Å². The van der Waals surface area contributed by atoms with Gasteiger partial charge in [-0.1, -0.05) is 42.0 Å². The van der Waals surface area contributed by atoms with Crippen LogP contribution in [0.3, 0.4) is 0 Å². The summed E-state index contributed by atoms with van der Waals surface area (Å²) in [5.41, 5.74) is 1.40. The van der Waals surface area contributed by atoms with Gasteiger partial charge in [-0.25, -0.2) is 0 Å². The third-order valence-corrected chi connectivity index (χ3v) is 3.35. The van der Waals surface area contributed by atoms with Crippen LogP contribution in [0.15, 0.2) is 42.0 Å². The van der Waals surface area contributed by atoms with Crippen molar-refractivity contribution in [2.45, 2.75) is 58.7 Å². The molecule has 1 atom stereocenters. The number of allylic oxidation sites excluding steroid dienone is 2. The van der Waals surface area contributed by atoms with Crippen LogP contribution in [0, 0.1) is 0 Å². The van der Waals surface area contributed by atoms with Crippen molar-refractivity contribution < 1.29 is 14.6 Å².